The van der Waals surface area contributed by atoms with Gasteiger partial charge >= 0.3 is 0 Å². The number of ether oxygens (including phenoxy) is 1. The molecule has 1 fully saturated rings. The molecular weight excluding hydrogens is 434 g/mol. The van der Waals surface area contributed by atoms with Crippen LogP contribution in [0.4, 0.5) is 11.4 Å². The van der Waals surface area contributed by atoms with Gasteiger partial charge in [0, 0.05) is 24.5 Å². The summed E-state index contributed by atoms with van der Waals surface area (Å²) in [5.74, 6) is -1.92. The molecule has 8 nitrogen and oxygen atoms in total. The number of rotatable bonds is 5. The zero-order chi connectivity index (χ0) is 24.4. The van der Waals surface area contributed by atoms with E-state index in [9.17, 15) is 19.5 Å². The molecule has 1 aliphatic rings. The number of carbonyl (C=O) groups excluding carboxylic acids is 3. The van der Waals surface area contributed by atoms with Gasteiger partial charge in [0.1, 0.15) is 17.6 Å². The van der Waals surface area contributed by atoms with Crippen LogP contribution in [0, 0.1) is 6.92 Å². The molecule has 1 unspecified atom stereocenters. The molecule has 0 bridgehead atoms. The molecule has 2 aromatic carbocycles. The van der Waals surface area contributed by atoms with Gasteiger partial charge in [-0.25, -0.2) is 0 Å². The summed E-state index contributed by atoms with van der Waals surface area (Å²) in [5.41, 5.74) is 2.28. The minimum atomic E-state index is -0.987. The van der Waals surface area contributed by atoms with E-state index in [0.29, 0.717) is 28.4 Å². The number of aryl methyl sites for hydroxylation is 1. The number of amides is 2. The van der Waals surface area contributed by atoms with E-state index in [2.05, 4.69) is 10.3 Å². The Labute approximate surface area is 196 Å². The average molecular weight is 457 g/mol. The molecule has 2 N–H and O–H groups in total. The van der Waals surface area contributed by atoms with Crippen LogP contribution in [0.5, 0.6) is 5.75 Å². The maximum absolute atomic E-state index is 13.3. The second kappa shape index (κ2) is 9.19. The zero-order valence-corrected chi connectivity index (χ0v) is 18.9. The van der Waals surface area contributed by atoms with Crippen LogP contribution >= 0.6 is 0 Å². The Balaban J connectivity index is 1.94. The highest BCUT2D eigenvalue weighted by Gasteiger charge is 2.48. The largest absolute Gasteiger partial charge is 0.507 e. The Morgan fingerprint density at radius 2 is 1.88 bits per heavy atom. The van der Waals surface area contributed by atoms with Gasteiger partial charge in [0.25, 0.3) is 11.7 Å². The first-order valence-electron chi connectivity index (χ1n) is 10.6. The van der Waals surface area contributed by atoms with E-state index in [0.717, 1.165) is 5.56 Å². The van der Waals surface area contributed by atoms with E-state index < -0.39 is 17.7 Å². The number of aliphatic hydroxyl groups is 1. The van der Waals surface area contributed by atoms with Crippen LogP contribution < -0.4 is 15.0 Å². The van der Waals surface area contributed by atoms with Crippen LogP contribution in [-0.2, 0) is 14.4 Å². The number of Topliss-reactive ketones (excluding diaryl/α,β-unsaturated/α-hetero) is 1. The van der Waals surface area contributed by atoms with Crippen LogP contribution in [0.25, 0.3) is 5.76 Å². The lowest BCUT2D eigenvalue weighted by Gasteiger charge is -2.25. The zero-order valence-electron chi connectivity index (χ0n) is 18.9. The maximum atomic E-state index is 13.3. The fraction of sp³-hybridized carbons (Fsp3) is 0.154. The highest BCUT2D eigenvalue weighted by atomic mass is 16.5. The standard InChI is InChI=1S/C26H23N3O5/c1-15-10-11-21(34-3)19(13-15)24(31)22-23(20-9-4-5-12-27-20)29(26(33)25(22)32)18-8-6-7-17(14-18)28-16(2)30/h4-14,23,31H,1-3H3,(H,28,30)/b24-22+. The topological polar surface area (TPSA) is 109 Å². The number of pyridine rings is 1. The van der Waals surface area contributed by atoms with E-state index in [1.54, 1.807) is 60.8 Å². The number of nitrogens with one attached hydrogen (secondary N) is 1. The molecule has 2 amide bonds. The van der Waals surface area contributed by atoms with Crippen molar-refractivity contribution in [2.24, 2.45) is 0 Å². The Kier molecular flexibility index (Phi) is 6.14. The second-order valence-corrected chi connectivity index (χ2v) is 7.86. The molecule has 0 aliphatic carbocycles. The van der Waals surface area contributed by atoms with Gasteiger partial charge in [0.15, 0.2) is 0 Å². The van der Waals surface area contributed by atoms with Gasteiger partial charge in [-0.1, -0.05) is 23.8 Å². The smallest absolute Gasteiger partial charge is 0.300 e. The van der Waals surface area contributed by atoms with Crippen molar-refractivity contribution in [1.82, 2.24) is 4.98 Å². The summed E-state index contributed by atoms with van der Waals surface area (Å²) in [5, 5.41) is 14.0. The molecule has 4 rings (SSSR count). The Hall–Kier alpha value is -4.46. The second-order valence-electron chi connectivity index (χ2n) is 7.86. The number of carbonyl (C=O) groups is 3. The lowest BCUT2D eigenvalue weighted by Crippen LogP contribution is -2.30. The van der Waals surface area contributed by atoms with Gasteiger partial charge in [0.05, 0.1) is 23.9 Å². The van der Waals surface area contributed by atoms with Gasteiger partial charge in [-0.05, 0) is 49.4 Å². The highest BCUT2D eigenvalue weighted by molar-refractivity contribution is 6.51. The summed E-state index contributed by atoms with van der Waals surface area (Å²) in [7, 11) is 1.46. The Morgan fingerprint density at radius 1 is 1.09 bits per heavy atom. The van der Waals surface area contributed by atoms with Crippen molar-refractivity contribution in [2.45, 2.75) is 19.9 Å². The van der Waals surface area contributed by atoms with E-state index in [1.165, 1.54) is 18.9 Å². The molecule has 1 saturated heterocycles. The fourth-order valence-corrected chi connectivity index (χ4v) is 4.01. The van der Waals surface area contributed by atoms with E-state index in [1.807, 2.05) is 13.0 Å². The number of methoxy groups -OCH3 is 1. The van der Waals surface area contributed by atoms with Crippen molar-refractivity contribution in [3.05, 3.63) is 89.3 Å². The molecular formula is C26H23N3O5. The number of hydrogen-bond acceptors (Lipinski definition) is 6. The van der Waals surface area contributed by atoms with Crippen molar-refractivity contribution in [3.63, 3.8) is 0 Å². The van der Waals surface area contributed by atoms with Crippen LogP contribution in [0.1, 0.15) is 29.8 Å². The summed E-state index contributed by atoms with van der Waals surface area (Å²) < 4.78 is 5.39. The van der Waals surface area contributed by atoms with E-state index in [-0.39, 0.29) is 17.2 Å². The molecule has 0 radical (unpaired) electrons. The number of benzene rings is 2. The predicted molar refractivity (Wildman–Crippen MR) is 127 cm³/mol. The average Bonchev–Trinajstić information content (AvgIpc) is 3.09. The predicted octanol–water partition coefficient (Wildman–Crippen LogP) is 3.98. The Bertz CT molecular complexity index is 1320. The first-order valence-corrected chi connectivity index (χ1v) is 10.6. The number of ketones is 1. The van der Waals surface area contributed by atoms with Crippen molar-refractivity contribution < 1.29 is 24.2 Å². The quantitative estimate of drug-likeness (QED) is 0.341. The van der Waals surface area contributed by atoms with E-state index >= 15 is 0 Å². The van der Waals surface area contributed by atoms with E-state index in [4.69, 9.17) is 4.74 Å². The molecule has 172 valence electrons. The monoisotopic (exact) mass is 457 g/mol. The van der Waals surface area contributed by atoms with Gasteiger partial charge in [-0.2, -0.15) is 0 Å². The molecule has 8 heteroatoms. The molecule has 2 heterocycles. The number of anilines is 2. The third-order valence-corrected chi connectivity index (χ3v) is 5.47. The summed E-state index contributed by atoms with van der Waals surface area (Å²) >= 11 is 0. The van der Waals surface area contributed by atoms with Crippen molar-refractivity contribution in [2.75, 3.05) is 17.3 Å². The summed E-state index contributed by atoms with van der Waals surface area (Å²) in [4.78, 5) is 43.7. The first-order chi connectivity index (χ1) is 16.3. The number of hydrogen-bond donors (Lipinski definition) is 2. The molecule has 3 aromatic rings. The highest BCUT2D eigenvalue weighted by Crippen LogP contribution is 2.43. The van der Waals surface area contributed by atoms with Crippen molar-refractivity contribution >= 4 is 34.7 Å². The number of nitrogens with zero attached hydrogens (tertiary/aromatic N) is 2. The maximum Gasteiger partial charge on any atom is 0.300 e. The molecule has 1 aromatic heterocycles. The van der Waals surface area contributed by atoms with Crippen LogP contribution in [0.3, 0.4) is 0 Å². The Morgan fingerprint density at radius 3 is 2.56 bits per heavy atom. The number of aromatic nitrogens is 1. The minimum Gasteiger partial charge on any atom is -0.507 e. The normalized spacial score (nSPS) is 17.0. The summed E-state index contributed by atoms with van der Waals surface area (Å²) in [6, 6.07) is 15.9. The van der Waals surface area contributed by atoms with Gasteiger partial charge in [-0.15, -0.1) is 0 Å². The van der Waals surface area contributed by atoms with Crippen molar-refractivity contribution in [3.8, 4) is 5.75 Å². The summed E-state index contributed by atoms with van der Waals surface area (Å²) in [6.45, 7) is 3.22. The number of aliphatic hydroxyl groups excluding tert-OH is 1. The van der Waals surface area contributed by atoms with Gasteiger partial charge in [-0.3, -0.25) is 24.3 Å². The lowest BCUT2D eigenvalue weighted by molar-refractivity contribution is -0.132. The molecule has 0 spiro atoms. The molecule has 1 atom stereocenters. The first kappa shape index (κ1) is 22.7. The van der Waals surface area contributed by atoms with Gasteiger partial charge in [0.2, 0.25) is 5.91 Å². The molecule has 34 heavy (non-hydrogen) atoms. The van der Waals surface area contributed by atoms with Crippen LogP contribution in [0.2, 0.25) is 0 Å². The molecule has 0 saturated carbocycles. The summed E-state index contributed by atoms with van der Waals surface area (Å²) in [6.07, 6.45) is 1.55. The fourth-order valence-electron chi connectivity index (χ4n) is 4.01. The lowest BCUT2D eigenvalue weighted by atomic mass is 9.97. The minimum absolute atomic E-state index is 0.0995. The van der Waals surface area contributed by atoms with Crippen molar-refractivity contribution in [1.29, 1.82) is 0 Å². The van der Waals surface area contributed by atoms with Gasteiger partial charge < -0.3 is 15.2 Å². The third kappa shape index (κ3) is 4.13. The molecule has 1 aliphatic heterocycles. The third-order valence-electron chi connectivity index (χ3n) is 5.47. The van der Waals surface area contributed by atoms with Crippen LogP contribution in [-0.4, -0.2) is 34.8 Å². The van der Waals surface area contributed by atoms with Crippen LogP contribution in [0.15, 0.2) is 72.4 Å². The SMILES string of the molecule is COc1ccc(C)cc1/C(O)=C1\C(=O)C(=O)N(c2cccc(NC(C)=O)c2)C1c1ccccn1.